The molecule has 0 aliphatic rings. The Balaban J connectivity index is 2.64. The molecule has 0 radical (unpaired) electrons. The van der Waals surface area contributed by atoms with Crippen molar-refractivity contribution in [1.82, 2.24) is 15.0 Å². The molecule has 1 rings (SSSR count). The van der Waals surface area contributed by atoms with Gasteiger partial charge in [0.2, 0.25) is 17.2 Å². The summed E-state index contributed by atoms with van der Waals surface area (Å²) in [5.41, 5.74) is 0. The number of halogens is 1. The van der Waals surface area contributed by atoms with E-state index in [0.29, 0.717) is 12.5 Å². The summed E-state index contributed by atoms with van der Waals surface area (Å²) in [6.07, 6.45) is 1.17. The van der Waals surface area contributed by atoms with Crippen LogP contribution in [0.4, 0.5) is 11.9 Å². The summed E-state index contributed by atoms with van der Waals surface area (Å²) in [5, 5.41) is 5.72. The third-order valence-corrected chi connectivity index (χ3v) is 2.81. The smallest absolute Gasteiger partial charge is 0.228 e. The lowest BCUT2D eigenvalue weighted by Gasteiger charge is -2.06. The van der Waals surface area contributed by atoms with Crippen LogP contribution in [0.3, 0.4) is 0 Å². The van der Waals surface area contributed by atoms with E-state index in [4.69, 9.17) is 11.6 Å². The maximum atomic E-state index is 10.9. The van der Waals surface area contributed by atoms with E-state index < -0.39 is 9.84 Å². The average Bonchev–Trinajstić information content (AvgIpc) is 2.15. The number of hydrogen-bond acceptors (Lipinski definition) is 7. The lowest BCUT2D eigenvalue weighted by Crippen LogP contribution is -2.16. The number of anilines is 2. The molecule has 2 N–H and O–H groups in total. The summed E-state index contributed by atoms with van der Waals surface area (Å²) < 4.78 is 21.9. The molecule has 1 aromatic rings. The highest BCUT2D eigenvalue weighted by molar-refractivity contribution is 7.90. The minimum atomic E-state index is -3.01. The third-order valence-electron chi connectivity index (χ3n) is 1.70. The topological polar surface area (TPSA) is 96.9 Å². The molecule has 0 bridgehead atoms. The Bertz CT molecular complexity index is 479. The summed E-state index contributed by atoms with van der Waals surface area (Å²) in [5.74, 6) is 0.617. The highest BCUT2D eigenvalue weighted by Crippen LogP contribution is 2.08. The van der Waals surface area contributed by atoms with Crippen molar-refractivity contribution in [3.63, 3.8) is 0 Å². The number of nitrogens with one attached hydrogen (secondary N) is 2. The SMILES string of the molecule is CCNc1nc(Cl)nc(NCCS(C)(=O)=O)n1. The van der Waals surface area contributed by atoms with E-state index in [1.165, 1.54) is 6.26 Å². The minimum absolute atomic E-state index is 0.00679. The normalized spacial score (nSPS) is 11.2. The minimum Gasteiger partial charge on any atom is -0.354 e. The van der Waals surface area contributed by atoms with Gasteiger partial charge >= 0.3 is 0 Å². The zero-order valence-corrected chi connectivity index (χ0v) is 11.1. The van der Waals surface area contributed by atoms with Gasteiger partial charge < -0.3 is 10.6 Å². The predicted octanol–water partition coefficient (Wildman–Crippen LogP) is 0.413. The highest BCUT2D eigenvalue weighted by Gasteiger charge is 2.05. The Kier molecular flexibility index (Phi) is 4.88. The fourth-order valence-corrected chi connectivity index (χ4v) is 1.65. The molecule has 0 saturated heterocycles. The maximum absolute atomic E-state index is 10.9. The molecule has 0 amide bonds. The molecule has 7 nitrogen and oxygen atoms in total. The van der Waals surface area contributed by atoms with E-state index in [1.54, 1.807) is 0 Å². The Morgan fingerprint density at radius 1 is 1.18 bits per heavy atom. The molecule has 9 heteroatoms. The molecule has 0 atom stereocenters. The molecule has 1 heterocycles. The molecular formula is C8H14ClN5O2S. The van der Waals surface area contributed by atoms with Crippen molar-refractivity contribution < 1.29 is 8.42 Å². The number of sulfone groups is 1. The zero-order valence-electron chi connectivity index (χ0n) is 9.57. The molecule has 0 aliphatic heterocycles. The van der Waals surface area contributed by atoms with Gasteiger partial charge in [0, 0.05) is 19.3 Å². The van der Waals surface area contributed by atoms with E-state index in [0.717, 1.165) is 0 Å². The van der Waals surface area contributed by atoms with Gasteiger partial charge in [-0.3, -0.25) is 0 Å². The van der Waals surface area contributed by atoms with Crippen LogP contribution in [0.15, 0.2) is 0 Å². The van der Waals surface area contributed by atoms with Crippen molar-refractivity contribution in [2.24, 2.45) is 0 Å². The van der Waals surface area contributed by atoms with E-state index in [1.807, 2.05) is 6.92 Å². The highest BCUT2D eigenvalue weighted by atomic mass is 35.5. The predicted molar refractivity (Wildman–Crippen MR) is 67.2 cm³/mol. The summed E-state index contributed by atoms with van der Waals surface area (Å²) in [6, 6.07) is 0. The molecule has 0 unspecified atom stereocenters. The largest absolute Gasteiger partial charge is 0.354 e. The first kappa shape index (κ1) is 13.9. The average molecular weight is 280 g/mol. The fraction of sp³-hybridized carbons (Fsp3) is 0.625. The van der Waals surface area contributed by atoms with Gasteiger partial charge in [-0.05, 0) is 18.5 Å². The van der Waals surface area contributed by atoms with Crippen LogP contribution in [-0.2, 0) is 9.84 Å². The Hall–Kier alpha value is -1.15. The zero-order chi connectivity index (χ0) is 12.9. The second kappa shape index (κ2) is 5.97. The number of rotatable bonds is 6. The summed E-state index contributed by atoms with van der Waals surface area (Å²) >= 11 is 5.69. The summed E-state index contributed by atoms with van der Waals surface area (Å²) in [4.78, 5) is 11.7. The van der Waals surface area contributed by atoms with Crippen LogP contribution in [0.1, 0.15) is 6.92 Å². The summed E-state index contributed by atoms with van der Waals surface area (Å²) in [6.45, 7) is 2.78. The van der Waals surface area contributed by atoms with Gasteiger partial charge in [0.15, 0.2) is 0 Å². The van der Waals surface area contributed by atoms with Crippen LogP contribution >= 0.6 is 11.6 Å². The van der Waals surface area contributed by atoms with Crippen molar-refractivity contribution >= 4 is 33.3 Å². The first-order valence-corrected chi connectivity index (χ1v) is 7.41. The van der Waals surface area contributed by atoms with Crippen molar-refractivity contribution in [2.75, 3.05) is 35.7 Å². The molecule has 0 spiro atoms. The number of nitrogens with zero attached hydrogens (tertiary/aromatic N) is 3. The maximum Gasteiger partial charge on any atom is 0.228 e. The van der Waals surface area contributed by atoms with E-state index in [9.17, 15) is 8.42 Å². The van der Waals surface area contributed by atoms with Gasteiger partial charge in [-0.1, -0.05) is 0 Å². The van der Waals surface area contributed by atoms with Crippen LogP contribution < -0.4 is 10.6 Å². The number of aromatic nitrogens is 3. The first-order chi connectivity index (χ1) is 7.90. The Labute approximate surface area is 105 Å². The monoisotopic (exact) mass is 279 g/mol. The van der Waals surface area contributed by atoms with Crippen LogP contribution in [0, 0.1) is 0 Å². The van der Waals surface area contributed by atoms with Crippen molar-refractivity contribution in [3.05, 3.63) is 5.28 Å². The van der Waals surface area contributed by atoms with Gasteiger partial charge in [-0.25, -0.2) is 8.42 Å². The van der Waals surface area contributed by atoms with Crippen molar-refractivity contribution in [3.8, 4) is 0 Å². The molecule has 17 heavy (non-hydrogen) atoms. The Morgan fingerprint density at radius 3 is 2.29 bits per heavy atom. The van der Waals surface area contributed by atoms with Gasteiger partial charge in [-0.15, -0.1) is 0 Å². The lowest BCUT2D eigenvalue weighted by atomic mass is 10.7. The second-order valence-electron chi connectivity index (χ2n) is 3.34. The molecule has 96 valence electrons. The lowest BCUT2D eigenvalue weighted by molar-refractivity contribution is 0.602. The molecule has 1 aromatic heterocycles. The van der Waals surface area contributed by atoms with Gasteiger partial charge in [0.25, 0.3) is 0 Å². The van der Waals surface area contributed by atoms with Crippen molar-refractivity contribution in [2.45, 2.75) is 6.92 Å². The quantitative estimate of drug-likeness (QED) is 0.778. The molecule has 0 fully saturated rings. The van der Waals surface area contributed by atoms with E-state index in [-0.39, 0.29) is 23.5 Å². The Morgan fingerprint density at radius 2 is 1.76 bits per heavy atom. The molecule has 0 saturated carbocycles. The second-order valence-corrected chi connectivity index (χ2v) is 5.94. The van der Waals surface area contributed by atoms with Gasteiger partial charge in [0.1, 0.15) is 9.84 Å². The summed E-state index contributed by atoms with van der Waals surface area (Å²) in [7, 11) is -3.01. The van der Waals surface area contributed by atoms with Crippen LogP contribution in [0.5, 0.6) is 0 Å². The van der Waals surface area contributed by atoms with E-state index in [2.05, 4.69) is 25.6 Å². The fourth-order valence-electron chi connectivity index (χ4n) is 1.01. The van der Waals surface area contributed by atoms with Gasteiger partial charge in [-0.2, -0.15) is 15.0 Å². The van der Waals surface area contributed by atoms with Crippen LogP contribution in [0.2, 0.25) is 5.28 Å². The van der Waals surface area contributed by atoms with Crippen LogP contribution in [0.25, 0.3) is 0 Å². The van der Waals surface area contributed by atoms with Crippen molar-refractivity contribution in [1.29, 1.82) is 0 Å². The van der Waals surface area contributed by atoms with Gasteiger partial charge in [0.05, 0.1) is 5.75 Å². The van der Waals surface area contributed by atoms with Crippen LogP contribution in [-0.4, -0.2) is 48.5 Å². The van der Waals surface area contributed by atoms with E-state index >= 15 is 0 Å². The molecule has 0 aromatic carbocycles. The molecular weight excluding hydrogens is 266 g/mol. The number of hydrogen-bond donors (Lipinski definition) is 2. The standard InChI is InChI=1S/C8H14ClN5O2S/c1-3-10-7-12-6(9)13-8(14-7)11-4-5-17(2,15)16/h3-5H2,1-2H3,(H2,10,11,12,13,14). The third kappa shape index (κ3) is 5.64. The molecule has 0 aliphatic carbocycles. The first-order valence-electron chi connectivity index (χ1n) is 4.98.